The largest absolute Gasteiger partial charge is 0.368 e. The van der Waals surface area contributed by atoms with Gasteiger partial charge in [-0.3, -0.25) is 14.4 Å². The van der Waals surface area contributed by atoms with Crippen molar-refractivity contribution >= 4 is 18.2 Å². The fourth-order valence-corrected chi connectivity index (χ4v) is 1.30. The van der Waals surface area contributed by atoms with Crippen LogP contribution < -0.4 is 16.4 Å². The van der Waals surface area contributed by atoms with Crippen LogP contribution in [-0.2, 0) is 20.8 Å². The SMILES string of the molecule is C[C@H](NC=O)C(=O)N[C@H](Cc1ncc[nH]1)C(N)=O. The molecule has 0 bridgehead atoms. The highest BCUT2D eigenvalue weighted by Crippen LogP contribution is 1.97. The van der Waals surface area contributed by atoms with Crippen LogP contribution in [0.15, 0.2) is 12.4 Å². The molecular weight excluding hydrogens is 238 g/mol. The molecule has 2 atom stereocenters. The predicted molar refractivity (Wildman–Crippen MR) is 62.1 cm³/mol. The van der Waals surface area contributed by atoms with E-state index in [4.69, 9.17) is 5.73 Å². The van der Waals surface area contributed by atoms with Gasteiger partial charge in [-0.2, -0.15) is 0 Å². The first-order valence-corrected chi connectivity index (χ1v) is 5.32. The van der Waals surface area contributed by atoms with E-state index in [9.17, 15) is 14.4 Å². The fourth-order valence-electron chi connectivity index (χ4n) is 1.30. The predicted octanol–water partition coefficient (Wildman–Crippen LogP) is -1.94. The Kier molecular flexibility index (Phi) is 4.85. The summed E-state index contributed by atoms with van der Waals surface area (Å²) in [5.41, 5.74) is 5.19. The molecule has 8 heteroatoms. The van der Waals surface area contributed by atoms with Crippen LogP contribution in [0.1, 0.15) is 12.7 Å². The van der Waals surface area contributed by atoms with Gasteiger partial charge in [0.25, 0.3) is 0 Å². The van der Waals surface area contributed by atoms with Crippen LogP contribution in [-0.4, -0.2) is 40.3 Å². The van der Waals surface area contributed by atoms with Crippen LogP contribution in [0.5, 0.6) is 0 Å². The minimum absolute atomic E-state index is 0.169. The zero-order valence-corrected chi connectivity index (χ0v) is 9.84. The minimum Gasteiger partial charge on any atom is -0.368 e. The third-order valence-electron chi connectivity index (χ3n) is 2.32. The van der Waals surface area contributed by atoms with Gasteiger partial charge in [0, 0.05) is 18.8 Å². The van der Waals surface area contributed by atoms with Crippen LogP contribution in [0.2, 0.25) is 0 Å². The van der Waals surface area contributed by atoms with E-state index in [0.717, 1.165) is 0 Å². The second-order valence-corrected chi connectivity index (χ2v) is 3.71. The topological polar surface area (TPSA) is 130 Å². The van der Waals surface area contributed by atoms with Crippen LogP contribution in [0.3, 0.4) is 0 Å². The van der Waals surface area contributed by atoms with Gasteiger partial charge in [-0.1, -0.05) is 0 Å². The Bertz CT molecular complexity index is 417. The molecule has 0 spiro atoms. The van der Waals surface area contributed by atoms with Crippen LogP contribution in [0.4, 0.5) is 0 Å². The zero-order valence-electron chi connectivity index (χ0n) is 9.84. The molecule has 1 heterocycles. The van der Waals surface area contributed by atoms with Crippen molar-refractivity contribution in [2.24, 2.45) is 5.73 Å². The average Bonchev–Trinajstić information content (AvgIpc) is 2.81. The van der Waals surface area contributed by atoms with Crippen molar-refractivity contribution in [1.29, 1.82) is 0 Å². The van der Waals surface area contributed by atoms with Gasteiger partial charge in [0.05, 0.1) is 0 Å². The number of nitrogens with two attached hydrogens (primary N) is 1. The number of imidazole rings is 1. The first-order valence-electron chi connectivity index (χ1n) is 5.32. The molecule has 0 radical (unpaired) electrons. The Morgan fingerprint density at radius 3 is 2.83 bits per heavy atom. The number of hydrogen-bond donors (Lipinski definition) is 4. The molecule has 1 rings (SSSR count). The molecule has 18 heavy (non-hydrogen) atoms. The molecular formula is C10H15N5O3. The number of aromatic amines is 1. The Balaban J connectivity index is 2.60. The third-order valence-corrected chi connectivity index (χ3v) is 2.32. The summed E-state index contributed by atoms with van der Waals surface area (Å²) in [6.07, 6.45) is 3.72. The summed E-state index contributed by atoms with van der Waals surface area (Å²) in [5, 5.41) is 4.72. The van der Waals surface area contributed by atoms with E-state index in [1.165, 1.54) is 13.1 Å². The molecule has 0 aliphatic carbocycles. The molecule has 8 nitrogen and oxygen atoms in total. The van der Waals surface area contributed by atoms with Crippen molar-refractivity contribution in [3.8, 4) is 0 Å². The lowest BCUT2D eigenvalue weighted by molar-refractivity contribution is -0.129. The van der Waals surface area contributed by atoms with Gasteiger partial charge in [-0.25, -0.2) is 4.98 Å². The monoisotopic (exact) mass is 253 g/mol. The van der Waals surface area contributed by atoms with Gasteiger partial charge in [-0.15, -0.1) is 0 Å². The first kappa shape index (κ1) is 13.7. The molecule has 1 aromatic rings. The number of carbonyl (C=O) groups is 3. The maximum atomic E-state index is 11.6. The first-order chi connectivity index (χ1) is 8.54. The van der Waals surface area contributed by atoms with Crippen molar-refractivity contribution in [2.45, 2.75) is 25.4 Å². The number of rotatable bonds is 7. The van der Waals surface area contributed by atoms with E-state index >= 15 is 0 Å². The molecule has 0 aliphatic rings. The standard InChI is InChI=1S/C10H15N5O3/c1-6(14-5-16)10(18)15-7(9(11)17)4-8-12-2-3-13-8/h2-3,5-7H,4H2,1H3,(H2,11,17)(H,12,13)(H,14,16)(H,15,18)/t6-,7+/m0/s1. The highest BCUT2D eigenvalue weighted by atomic mass is 16.2. The fraction of sp³-hybridized carbons (Fsp3) is 0.400. The number of H-pyrrole nitrogens is 1. The molecule has 5 N–H and O–H groups in total. The summed E-state index contributed by atoms with van der Waals surface area (Å²) in [6.45, 7) is 1.49. The Morgan fingerprint density at radius 1 is 1.61 bits per heavy atom. The van der Waals surface area contributed by atoms with Crippen molar-refractivity contribution < 1.29 is 14.4 Å². The molecule has 0 fully saturated rings. The molecule has 0 saturated heterocycles. The maximum absolute atomic E-state index is 11.6. The van der Waals surface area contributed by atoms with Gasteiger partial charge < -0.3 is 21.4 Å². The number of aromatic nitrogens is 2. The van der Waals surface area contributed by atoms with Crippen molar-refractivity contribution in [3.63, 3.8) is 0 Å². The maximum Gasteiger partial charge on any atom is 0.242 e. The molecule has 0 aliphatic heterocycles. The van der Waals surface area contributed by atoms with E-state index in [0.29, 0.717) is 12.2 Å². The van der Waals surface area contributed by atoms with E-state index in [-0.39, 0.29) is 6.42 Å². The number of carbonyl (C=O) groups excluding carboxylic acids is 3. The molecule has 0 saturated carbocycles. The van der Waals surface area contributed by atoms with E-state index in [1.54, 1.807) is 6.20 Å². The van der Waals surface area contributed by atoms with Gasteiger partial charge in [0.2, 0.25) is 18.2 Å². The molecule has 98 valence electrons. The van der Waals surface area contributed by atoms with Gasteiger partial charge in [0.15, 0.2) is 0 Å². The molecule has 0 unspecified atom stereocenters. The summed E-state index contributed by atoms with van der Waals surface area (Å²) in [5.74, 6) is -0.620. The van der Waals surface area contributed by atoms with E-state index in [2.05, 4.69) is 20.6 Å². The lowest BCUT2D eigenvalue weighted by atomic mass is 10.1. The molecule has 3 amide bonds. The van der Waals surface area contributed by atoms with Crippen LogP contribution >= 0.6 is 0 Å². The number of primary amides is 1. The Labute approximate surface area is 103 Å². The molecule has 0 aromatic carbocycles. The van der Waals surface area contributed by atoms with Crippen molar-refractivity contribution in [1.82, 2.24) is 20.6 Å². The number of nitrogens with zero attached hydrogens (tertiary/aromatic N) is 1. The summed E-state index contributed by atoms with van der Waals surface area (Å²) in [4.78, 5) is 39.8. The van der Waals surface area contributed by atoms with Crippen molar-refractivity contribution in [2.75, 3.05) is 0 Å². The van der Waals surface area contributed by atoms with Crippen LogP contribution in [0.25, 0.3) is 0 Å². The van der Waals surface area contributed by atoms with Gasteiger partial charge in [0.1, 0.15) is 17.9 Å². The average molecular weight is 253 g/mol. The zero-order chi connectivity index (χ0) is 13.5. The lowest BCUT2D eigenvalue weighted by Crippen LogP contribution is -2.51. The van der Waals surface area contributed by atoms with Crippen LogP contribution in [0, 0.1) is 0 Å². The minimum atomic E-state index is -0.875. The highest BCUT2D eigenvalue weighted by Gasteiger charge is 2.22. The number of hydrogen-bond acceptors (Lipinski definition) is 4. The Morgan fingerprint density at radius 2 is 2.33 bits per heavy atom. The summed E-state index contributed by atoms with van der Waals surface area (Å²) >= 11 is 0. The highest BCUT2D eigenvalue weighted by molar-refractivity contribution is 5.89. The van der Waals surface area contributed by atoms with Gasteiger partial charge in [-0.05, 0) is 6.92 Å². The van der Waals surface area contributed by atoms with E-state index < -0.39 is 23.9 Å². The Hall–Kier alpha value is -2.38. The summed E-state index contributed by atoms with van der Waals surface area (Å²) in [6, 6.07) is -1.61. The number of amides is 3. The third kappa shape index (κ3) is 3.89. The van der Waals surface area contributed by atoms with Gasteiger partial charge >= 0.3 is 0 Å². The second kappa shape index (κ2) is 6.38. The summed E-state index contributed by atoms with van der Waals surface area (Å²) in [7, 11) is 0. The molecule has 1 aromatic heterocycles. The summed E-state index contributed by atoms with van der Waals surface area (Å²) < 4.78 is 0. The number of nitrogens with one attached hydrogen (secondary N) is 3. The normalized spacial score (nSPS) is 13.4. The lowest BCUT2D eigenvalue weighted by Gasteiger charge is -2.17. The quantitative estimate of drug-likeness (QED) is 0.421. The van der Waals surface area contributed by atoms with E-state index in [1.807, 2.05) is 0 Å². The second-order valence-electron chi connectivity index (χ2n) is 3.71. The smallest absolute Gasteiger partial charge is 0.242 e. The van der Waals surface area contributed by atoms with Crippen molar-refractivity contribution in [3.05, 3.63) is 18.2 Å².